The molecule has 1 radical (unpaired) electrons. The van der Waals surface area contributed by atoms with Crippen molar-refractivity contribution in [2.24, 2.45) is 0 Å². The molecule has 0 aromatic rings. The van der Waals surface area contributed by atoms with E-state index in [2.05, 4.69) is 12.2 Å². The van der Waals surface area contributed by atoms with Crippen LogP contribution in [0.3, 0.4) is 0 Å². The average molecular weight is 150 g/mol. The topological polar surface area (TPSA) is 17.1 Å². The Morgan fingerprint density at radius 2 is 2.12 bits per heavy atom. The molecule has 0 aromatic carbocycles. The number of hydrogen-bond acceptors (Lipinski definition) is 1. The number of carbonyl (C=O) groups excluding carboxylic acids is 1. The molecule has 1 aliphatic rings. The second-order valence-electron chi connectivity index (χ2n) is 1.00. The molecule has 0 saturated carbocycles. The quantitative estimate of drug-likeness (QED) is 0.373. The molecule has 0 atom stereocenters. The van der Waals surface area contributed by atoms with Crippen molar-refractivity contribution >= 4 is 6.79 Å². The van der Waals surface area contributed by atoms with Crippen LogP contribution in [0.1, 0.15) is 6.42 Å². The first kappa shape index (κ1) is 10.6. The second-order valence-corrected chi connectivity index (χ2v) is 1.00. The van der Waals surface area contributed by atoms with Gasteiger partial charge >= 0.3 is 0 Å². The van der Waals surface area contributed by atoms with Crippen molar-refractivity contribution in [3.05, 3.63) is 24.3 Å². The summed E-state index contributed by atoms with van der Waals surface area (Å²) in [6.45, 7) is 2.00. The van der Waals surface area contributed by atoms with Crippen LogP contribution in [0.4, 0.5) is 0 Å². The molecule has 8 heavy (non-hydrogen) atoms. The van der Waals surface area contributed by atoms with Crippen LogP contribution < -0.4 is 0 Å². The first-order chi connectivity index (χ1) is 3.50. The van der Waals surface area contributed by atoms with Crippen LogP contribution in [0.25, 0.3) is 0 Å². The van der Waals surface area contributed by atoms with Crippen molar-refractivity contribution < 1.29 is 21.9 Å². The summed E-state index contributed by atoms with van der Waals surface area (Å²) in [7, 11) is 0. The van der Waals surface area contributed by atoms with E-state index in [4.69, 9.17) is 4.79 Å². The molecule has 0 unspecified atom stereocenters. The van der Waals surface area contributed by atoms with Gasteiger partial charge in [0, 0.05) is 17.1 Å². The molecule has 0 aliphatic heterocycles. The molecule has 0 amide bonds. The summed E-state index contributed by atoms with van der Waals surface area (Å²) in [5.74, 6) is 0. The van der Waals surface area contributed by atoms with Crippen molar-refractivity contribution in [1.29, 1.82) is 0 Å². The summed E-state index contributed by atoms with van der Waals surface area (Å²) < 4.78 is 0. The predicted molar refractivity (Wildman–Crippen MR) is 28.7 cm³/mol. The fourth-order valence-corrected chi connectivity index (χ4v) is 0.340. The molecule has 0 heterocycles. The van der Waals surface area contributed by atoms with Crippen molar-refractivity contribution in [2.75, 3.05) is 0 Å². The molecule has 0 bridgehead atoms. The Labute approximate surface area is 59.9 Å². The van der Waals surface area contributed by atoms with E-state index in [0.717, 1.165) is 6.42 Å². The maximum atomic E-state index is 8.00. The van der Waals surface area contributed by atoms with E-state index in [-0.39, 0.29) is 17.1 Å². The fourth-order valence-electron chi connectivity index (χ4n) is 0.340. The molecule has 0 fully saturated rings. The Hall–Kier alpha value is -0.331. The molecule has 2 heteroatoms. The van der Waals surface area contributed by atoms with Gasteiger partial charge < -0.3 is 4.79 Å². The Bertz CT molecular complexity index is 76.5. The van der Waals surface area contributed by atoms with Crippen LogP contribution in [0.5, 0.6) is 0 Å². The summed E-state index contributed by atoms with van der Waals surface area (Å²) in [6.07, 6.45) is 10.0. The summed E-state index contributed by atoms with van der Waals surface area (Å²) in [4.78, 5) is 8.00. The van der Waals surface area contributed by atoms with E-state index in [1.165, 1.54) is 0 Å². The summed E-state index contributed by atoms with van der Waals surface area (Å²) in [6, 6.07) is 0. The standard InChI is InChI=1S/C5H5.CH2O.Mn/c1-2-4-5-3-1;1-2;/h1-3H,4H2;1H2;/q-1;;. The molecule has 0 aromatic heterocycles. The van der Waals surface area contributed by atoms with Crippen LogP contribution in [-0.2, 0) is 21.9 Å². The largest absolute Gasteiger partial charge is 0.307 e. The second kappa shape index (κ2) is 9.83. The maximum Gasteiger partial charge on any atom is 0.106 e. The minimum absolute atomic E-state index is 0. The van der Waals surface area contributed by atoms with Gasteiger partial charge in [-0.3, -0.25) is 6.08 Å². The maximum absolute atomic E-state index is 8.00. The average Bonchev–Trinajstić information content (AvgIpc) is 2.23. The van der Waals surface area contributed by atoms with E-state index in [1.54, 1.807) is 0 Å². The monoisotopic (exact) mass is 150 g/mol. The fraction of sp³-hybridized carbons (Fsp3) is 0.167. The van der Waals surface area contributed by atoms with Gasteiger partial charge in [-0.05, 0) is 0 Å². The molecule has 0 spiro atoms. The van der Waals surface area contributed by atoms with Gasteiger partial charge in [-0.2, -0.15) is 6.08 Å². The molecule has 0 N–H and O–H groups in total. The molecule has 1 nitrogen and oxygen atoms in total. The minimum Gasteiger partial charge on any atom is -0.307 e. The van der Waals surface area contributed by atoms with E-state index >= 15 is 0 Å². The molecular formula is C6H7MnO-. The predicted octanol–water partition coefficient (Wildman–Crippen LogP) is 1.12. The van der Waals surface area contributed by atoms with E-state index in [9.17, 15) is 0 Å². The molecule has 0 saturated heterocycles. The van der Waals surface area contributed by atoms with Crippen LogP contribution in [0.2, 0.25) is 0 Å². The van der Waals surface area contributed by atoms with Gasteiger partial charge in [-0.15, -0.1) is 6.42 Å². The third-order valence-corrected chi connectivity index (χ3v) is 0.586. The molecule has 1 aliphatic carbocycles. The Morgan fingerprint density at radius 1 is 1.50 bits per heavy atom. The number of allylic oxidation sites excluding steroid dienone is 4. The first-order valence-corrected chi connectivity index (χ1v) is 2.01. The smallest absolute Gasteiger partial charge is 0.106 e. The number of hydrogen-bond donors (Lipinski definition) is 0. The van der Waals surface area contributed by atoms with Gasteiger partial charge in [0.05, 0.1) is 0 Å². The Balaban J connectivity index is 0. The zero-order valence-electron chi connectivity index (χ0n) is 4.43. The van der Waals surface area contributed by atoms with Crippen LogP contribution in [-0.4, -0.2) is 6.79 Å². The Kier molecular flexibility index (Phi) is 13.0. The molecule has 45 valence electrons. The van der Waals surface area contributed by atoms with Gasteiger partial charge in [0.2, 0.25) is 0 Å². The van der Waals surface area contributed by atoms with Crippen molar-refractivity contribution in [2.45, 2.75) is 6.42 Å². The van der Waals surface area contributed by atoms with E-state index in [0.29, 0.717) is 0 Å². The van der Waals surface area contributed by atoms with E-state index < -0.39 is 0 Å². The number of carbonyl (C=O) groups is 1. The van der Waals surface area contributed by atoms with Gasteiger partial charge in [0.1, 0.15) is 6.79 Å². The Morgan fingerprint density at radius 3 is 2.25 bits per heavy atom. The van der Waals surface area contributed by atoms with Crippen molar-refractivity contribution in [3.8, 4) is 0 Å². The van der Waals surface area contributed by atoms with Gasteiger partial charge in [-0.25, -0.2) is 12.2 Å². The SMILES string of the molecule is C=O.[C-]1=CC=CC1.[Mn]. The third kappa shape index (κ3) is 5.67. The van der Waals surface area contributed by atoms with Gasteiger partial charge in [0.15, 0.2) is 0 Å². The van der Waals surface area contributed by atoms with E-state index in [1.807, 2.05) is 18.9 Å². The van der Waals surface area contributed by atoms with Gasteiger partial charge in [0.25, 0.3) is 0 Å². The van der Waals surface area contributed by atoms with Crippen LogP contribution in [0.15, 0.2) is 18.2 Å². The summed E-state index contributed by atoms with van der Waals surface area (Å²) >= 11 is 0. The normalized spacial score (nSPS) is 11.5. The summed E-state index contributed by atoms with van der Waals surface area (Å²) in [5, 5.41) is 0. The number of rotatable bonds is 0. The zero-order valence-corrected chi connectivity index (χ0v) is 5.61. The first-order valence-electron chi connectivity index (χ1n) is 2.01. The van der Waals surface area contributed by atoms with Crippen LogP contribution in [0, 0.1) is 6.08 Å². The zero-order chi connectivity index (χ0) is 5.54. The molecule has 1 rings (SSSR count). The third-order valence-electron chi connectivity index (χ3n) is 0.586. The minimum atomic E-state index is 0. The van der Waals surface area contributed by atoms with Crippen LogP contribution >= 0.6 is 0 Å². The van der Waals surface area contributed by atoms with Crippen molar-refractivity contribution in [1.82, 2.24) is 0 Å². The molecular weight excluding hydrogens is 143 g/mol. The van der Waals surface area contributed by atoms with Crippen molar-refractivity contribution in [3.63, 3.8) is 0 Å². The summed E-state index contributed by atoms with van der Waals surface area (Å²) in [5.41, 5.74) is 0. The van der Waals surface area contributed by atoms with Gasteiger partial charge in [-0.1, -0.05) is 0 Å².